The molecule has 3 nitrogen and oxygen atoms in total. The Morgan fingerprint density at radius 3 is 2.64 bits per heavy atom. The van der Waals surface area contributed by atoms with E-state index in [0.717, 1.165) is 5.75 Å². The van der Waals surface area contributed by atoms with E-state index in [1.165, 1.54) is 0 Å². The zero-order valence-electron chi connectivity index (χ0n) is 6.13. The summed E-state index contributed by atoms with van der Waals surface area (Å²) >= 11 is 6.45. The van der Waals surface area contributed by atoms with E-state index in [1.807, 2.05) is 6.92 Å². The van der Waals surface area contributed by atoms with Crippen LogP contribution < -0.4 is 0 Å². The maximum absolute atomic E-state index is 10.4. The standard InChI is InChI=1S/C6H9ClO3S/c1-2-11-4-3-10-6(9)5(7)8/h2-4H2,1H3. The normalized spacial score (nSPS) is 9.27. The third-order valence-corrected chi connectivity index (χ3v) is 1.84. The molecular weight excluding hydrogens is 188 g/mol. The highest BCUT2D eigenvalue weighted by Crippen LogP contribution is 1.97. The van der Waals surface area contributed by atoms with E-state index in [-0.39, 0.29) is 6.61 Å². The number of halogens is 1. The van der Waals surface area contributed by atoms with Crippen LogP contribution in [-0.4, -0.2) is 29.3 Å². The Bertz CT molecular complexity index is 149. The van der Waals surface area contributed by atoms with Gasteiger partial charge in [0.2, 0.25) is 0 Å². The lowest BCUT2D eigenvalue weighted by Gasteiger charge is -1.98. The second-order valence-electron chi connectivity index (χ2n) is 1.61. The highest BCUT2D eigenvalue weighted by atomic mass is 35.5. The molecule has 0 amide bonds. The summed E-state index contributed by atoms with van der Waals surface area (Å²) in [5.74, 6) is 0.696. The Morgan fingerprint density at radius 2 is 2.18 bits per heavy atom. The van der Waals surface area contributed by atoms with Crippen molar-refractivity contribution in [1.29, 1.82) is 0 Å². The quantitative estimate of drug-likeness (QED) is 0.285. The zero-order chi connectivity index (χ0) is 8.69. The van der Waals surface area contributed by atoms with Gasteiger partial charge in [-0.25, -0.2) is 4.79 Å². The molecule has 0 atom stereocenters. The molecule has 0 aliphatic rings. The third-order valence-electron chi connectivity index (χ3n) is 0.825. The first-order valence-corrected chi connectivity index (χ1v) is 4.66. The first-order chi connectivity index (χ1) is 5.18. The van der Waals surface area contributed by atoms with Crippen LogP contribution in [0.2, 0.25) is 0 Å². The average Bonchev–Trinajstić information content (AvgIpc) is 1.97. The number of esters is 1. The molecule has 0 rings (SSSR count). The monoisotopic (exact) mass is 196 g/mol. The highest BCUT2D eigenvalue weighted by molar-refractivity contribution is 7.99. The summed E-state index contributed by atoms with van der Waals surface area (Å²) in [4.78, 5) is 20.5. The Morgan fingerprint density at radius 1 is 1.55 bits per heavy atom. The lowest BCUT2D eigenvalue weighted by molar-refractivity contribution is -0.149. The van der Waals surface area contributed by atoms with Crippen molar-refractivity contribution < 1.29 is 14.3 Å². The van der Waals surface area contributed by atoms with Crippen LogP contribution in [0.15, 0.2) is 0 Å². The van der Waals surface area contributed by atoms with E-state index in [9.17, 15) is 9.59 Å². The largest absolute Gasteiger partial charge is 0.458 e. The van der Waals surface area contributed by atoms with Crippen LogP contribution in [0.3, 0.4) is 0 Å². The Kier molecular flexibility index (Phi) is 6.36. The van der Waals surface area contributed by atoms with Gasteiger partial charge < -0.3 is 4.74 Å². The zero-order valence-corrected chi connectivity index (χ0v) is 7.70. The van der Waals surface area contributed by atoms with Crippen molar-refractivity contribution in [3.05, 3.63) is 0 Å². The van der Waals surface area contributed by atoms with E-state index in [1.54, 1.807) is 11.8 Å². The molecular formula is C6H9ClO3S. The molecule has 0 aromatic carbocycles. The lowest BCUT2D eigenvalue weighted by atomic mass is 10.7. The number of hydrogen-bond donors (Lipinski definition) is 0. The van der Waals surface area contributed by atoms with E-state index in [4.69, 9.17) is 11.6 Å². The Hall–Kier alpha value is -0.220. The molecule has 0 bridgehead atoms. The predicted octanol–water partition coefficient (Wildman–Crippen LogP) is 1.05. The van der Waals surface area contributed by atoms with Crippen LogP contribution in [0, 0.1) is 0 Å². The minimum absolute atomic E-state index is 0.246. The van der Waals surface area contributed by atoms with Crippen molar-refractivity contribution >= 4 is 34.6 Å². The molecule has 0 aliphatic heterocycles. The second kappa shape index (κ2) is 6.49. The van der Waals surface area contributed by atoms with Crippen molar-refractivity contribution in [2.24, 2.45) is 0 Å². The van der Waals surface area contributed by atoms with Gasteiger partial charge in [0, 0.05) is 5.75 Å². The van der Waals surface area contributed by atoms with Gasteiger partial charge >= 0.3 is 11.2 Å². The molecule has 0 spiro atoms. The molecule has 64 valence electrons. The maximum Gasteiger partial charge on any atom is 0.391 e. The maximum atomic E-state index is 10.4. The second-order valence-corrected chi connectivity index (χ2v) is 3.34. The molecule has 0 N–H and O–H groups in total. The van der Waals surface area contributed by atoms with Gasteiger partial charge in [-0.1, -0.05) is 6.92 Å². The van der Waals surface area contributed by atoms with Gasteiger partial charge in [0.15, 0.2) is 0 Å². The molecule has 0 radical (unpaired) electrons. The predicted molar refractivity (Wildman–Crippen MR) is 44.8 cm³/mol. The fourth-order valence-electron chi connectivity index (χ4n) is 0.394. The van der Waals surface area contributed by atoms with E-state index in [2.05, 4.69) is 4.74 Å². The average molecular weight is 197 g/mol. The van der Waals surface area contributed by atoms with Gasteiger partial charge in [-0.15, -0.1) is 0 Å². The number of thioether (sulfide) groups is 1. The summed E-state index contributed by atoms with van der Waals surface area (Å²) in [5.41, 5.74) is 0. The van der Waals surface area contributed by atoms with Crippen molar-refractivity contribution in [1.82, 2.24) is 0 Å². The van der Waals surface area contributed by atoms with Gasteiger partial charge in [-0.3, -0.25) is 4.79 Å². The number of carbonyl (C=O) groups is 2. The van der Waals surface area contributed by atoms with Crippen LogP contribution in [0.1, 0.15) is 6.92 Å². The summed E-state index contributed by atoms with van der Waals surface area (Å²) < 4.78 is 4.46. The van der Waals surface area contributed by atoms with Gasteiger partial charge in [0.1, 0.15) is 6.61 Å². The van der Waals surface area contributed by atoms with Crippen LogP contribution >= 0.6 is 23.4 Å². The Labute approximate surface area is 74.4 Å². The number of carbonyl (C=O) groups excluding carboxylic acids is 2. The SMILES string of the molecule is CCSCCOC(=O)C(=O)Cl. The molecule has 0 saturated carbocycles. The fourth-order valence-corrected chi connectivity index (χ4v) is 0.939. The molecule has 0 aliphatic carbocycles. The topological polar surface area (TPSA) is 43.4 Å². The molecule has 0 saturated heterocycles. The van der Waals surface area contributed by atoms with E-state index in [0.29, 0.717) is 5.75 Å². The van der Waals surface area contributed by atoms with Crippen LogP contribution in [-0.2, 0) is 14.3 Å². The third kappa shape index (κ3) is 6.19. The van der Waals surface area contributed by atoms with Gasteiger partial charge in [-0.05, 0) is 17.4 Å². The highest BCUT2D eigenvalue weighted by Gasteiger charge is 2.10. The first kappa shape index (κ1) is 10.8. The molecule has 0 unspecified atom stereocenters. The first-order valence-electron chi connectivity index (χ1n) is 3.12. The molecule has 0 fully saturated rings. The fraction of sp³-hybridized carbons (Fsp3) is 0.667. The minimum atomic E-state index is -1.06. The summed E-state index contributed by atoms with van der Waals surface area (Å²) in [6.45, 7) is 2.25. The van der Waals surface area contributed by atoms with E-state index >= 15 is 0 Å². The molecule has 11 heavy (non-hydrogen) atoms. The lowest BCUT2D eigenvalue weighted by Crippen LogP contribution is -2.13. The van der Waals surface area contributed by atoms with Crippen LogP contribution in [0.25, 0.3) is 0 Å². The van der Waals surface area contributed by atoms with Crippen molar-refractivity contribution in [2.45, 2.75) is 6.92 Å². The molecule has 5 heteroatoms. The number of rotatable bonds is 5. The van der Waals surface area contributed by atoms with E-state index < -0.39 is 11.2 Å². The van der Waals surface area contributed by atoms with Crippen LogP contribution in [0.4, 0.5) is 0 Å². The Balaban J connectivity index is 3.25. The minimum Gasteiger partial charge on any atom is -0.458 e. The summed E-state index contributed by atoms with van der Waals surface area (Å²) in [7, 11) is 0. The summed E-state index contributed by atoms with van der Waals surface area (Å²) in [6, 6.07) is 0. The van der Waals surface area contributed by atoms with Crippen molar-refractivity contribution in [3.8, 4) is 0 Å². The molecule has 0 aromatic rings. The van der Waals surface area contributed by atoms with Gasteiger partial charge in [-0.2, -0.15) is 11.8 Å². The molecule has 0 aromatic heterocycles. The summed E-state index contributed by atoms with van der Waals surface area (Å²) in [6.07, 6.45) is 0. The van der Waals surface area contributed by atoms with Gasteiger partial charge in [0.25, 0.3) is 0 Å². The van der Waals surface area contributed by atoms with Crippen LogP contribution in [0.5, 0.6) is 0 Å². The smallest absolute Gasteiger partial charge is 0.391 e. The number of ether oxygens (including phenoxy) is 1. The van der Waals surface area contributed by atoms with Crippen molar-refractivity contribution in [2.75, 3.05) is 18.1 Å². The van der Waals surface area contributed by atoms with Gasteiger partial charge in [0.05, 0.1) is 0 Å². The van der Waals surface area contributed by atoms with Crippen molar-refractivity contribution in [3.63, 3.8) is 0 Å². The summed E-state index contributed by atoms with van der Waals surface area (Å²) in [5, 5.41) is -1.06. The number of hydrogen-bond acceptors (Lipinski definition) is 4. The molecule has 0 heterocycles.